The molecule has 3 aliphatic rings. The first-order valence-corrected chi connectivity index (χ1v) is 12.5. The maximum absolute atomic E-state index is 10.2. The molecule has 1 saturated carbocycles. The standard InChI is InChI=1S/C27H33ClO5/c28-25-6-3-19(26-14-21(30)13-24(15-29)33-26)12-20(25)11-18-1-4-22(5-2-18)32-23-7-9-27(10-8-23)16-31-17-27/h1-6,12,21,23-24,26,29-30H,7-11,13-17H2/t21-,24-,26-/m0/s1. The maximum Gasteiger partial charge on any atom is 0.119 e. The van der Waals surface area contributed by atoms with Crippen LogP contribution < -0.4 is 4.74 Å². The molecule has 2 aliphatic heterocycles. The molecule has 0 amide bonds. The Morgan fingerprint density at radius 2 is 1.79 bits per heavy atom. The molecule has 5 nitrogen and oxygen atoms in total. The Balaban J connectivity index is 1.21. The number of rotatable bonds is 6. The van der Waals surface area contributed by atoms with E-state index in [2.05, 4.69) is 30.3 Å². The van der Waals surface area contributed by atoms with Gasteiger partial charge < -0.3 is 24.4 Å². The molecule has 0 aromatic heterocycles. The van der Waals surface area contributed by atoms with Gasteiger partial charge in [0.2, 0.25) is 0 Å². The number of halogens is 1. The molecular formula is C27H33ClO5. The molecular weight excluding hydrogens is 440 g/mol. The molecule has 0 radical (unpaired) electrons. The van der Waals surface area contributed by atoms with Gasteiger partial charge in [0.1, 0.15) is 5.75 Å². The molecule has 1 spiro atoms. The summed E-state index contributed by atoms with van der Waals surface area (Å²) in [6.45, 7) is 1.76. The van der Waals surface area contributed by atoms with Crippen LogP contribution in [-0.2, 0) is 15.9 Å². The molecule has 33 heavy (non-hydrogen) atoms. The highest BCUT2D eigenvalue weighted by atomic mass is 35.5. The minimum atomic E-state index is -0.468. The predicted octanol–water partition coefficient (Wildman–Crippen LogP) is 4.84. The number of aliphatic hydroxyl groups excluding tert-OH is 2. The van der Waals surface area contributed by atoms with Crippen LogP contribution in [0.5, 0.6) is 5.75 Å². The molecule has 1 aliphatic carbocycles. The highest BCUT2D eigenvalue weighted by Crippen LogP contribution is 2.43. The van der Waals surface area contributed by atoms with Crippen molar-refractivity contribution in [3.8, 4) is 5.75 Å². The third kappa shape index (κ3) is 5.39. The molecule has 5 rings (SSSR count). The van der Waals surface area contributed by atoms with E-state index < -0.39 is 6.10 Å². The second kappa shape index (κ2) is 9.93. The van der Waals surface area contributed by atoms with Crippen LogP contribution in [0.15, 0.2) is 42.5 Å². The van der Waals surface area contributed by atoms with Crippen molar-refractivity contribution in [3.05, 3.63) is 64.2 Å². The summed E-state index contributed by atoms with van der Waals surface area (Å²) >= 11 is 6.51. The lowest BCUT2D eigenvalue weighted by Gasteiger charge is -2.46. The topological polar surface area (TPSA) is 68.2 Å². The van der Waals surface area contributed by atoms with Crippen LogP contribution in [0.25, 0.3) is 0 Å². The molecule has 2 aromatic rings. The number of hydrogen-bond donors (Lipinski definition) is 2. The van der Waals surface area contributed by atoms with E-state index in [1.807, 2.05) is 12.1 Å². The zero-order chi connectivity index (χ0) is 22.8. The van der Waals surface area contributed by atoms with Crippen molar-refractivity contribution in [2.24, 2.45) is 5.41 Å². The maximum atomic E-state index is 10.2. The summed E-state index contributed by atoms with van der Waals surface area (Å²) in [4.78, 5) is 0. The average Bonchev–Trinajstić information content (AvgIpc) is 2.81. The number of ether oxygens (including phenoxy) is 3. The first kappa shape index (κ1) is 23.1. The van der Waals surface area contributed by atoms with E-state index in [1.165, 1.54) is 12.8 Å². The number of hydrogen-bond acceptors (Lipinski definition) is 5. The predicted molar refractivity (Wildman–Crippen MR) is 127 cm³/mol. The summed E-state index contributed by atoms with van der Waals surface area (Å²) in [5.41, 5.74) is 3.61. The lowest BCUT2D eigenvalue weighted by molar-refractivity contribution is -0.140. The van der Waals surface area contributed by atoms with Gasteiger partial charge in [-0.05, 0) is 67.0 Å². The van der Waals surface area contributed by atoms with Crippen LogP contribution in [-0.4, -0.2) is 48.3 Å². The Labute approximate surface area is 200 Å². The zero-order valence-electron chi connectivity index (χ0n) is 18.9. The minimum absolute atomic E-state index is 0.0848. The molecule has 178 valence electrons. The fourth-order valence-electron chi connectivity index (χ4n) is 5.35. The third-order valence-electron chi connectivity index (χ3n) is 7.45. The van der Waals surface area contributed by atoms with Gasteiger partial charge in [0, 0.05) is 23.3 Å². The average molecular weight is 473 g/mol. The molecule has 2 heterocycles. The zero-order valence-corrected chi connectivity index (χ0v) is 19.7. The second-order valence-electron chi connectivity index (χ2n) is 10.0. The molecule has 0 bridgehead atoms. The molecule has 6 heteroatoms. The van der Waals surface area contributed by atoms with Gasteiger partial charge in [0.05, 0.1) is 44.2 Å². The van der Waals surface area contributed by atoms with E-state index in [4.69, 9.17) is 25.8 Å². The van der Waals surface area contributed by atoms with Crippen molar-refractivity contribution >= 4 is 11.6 Å². The first-order valence-electron chi connectivity index (χ1n) is 12.1. The summed E-state index contributed by atoms with van der Waals surface area (Å²) in [5.74, 6) is 0.920. The SMILES string of the molecule is OC[C@@H]1C[C@H](O)C[C@@H](c2ccc(Cl)c(Cc3ccc(OC4CCC5(CC4)COC5)cc3)c2)O1. The van der Waals surface area contributed by atoms with E-state index in [9.17, 15) is 10.2 Å². The van der Waals surface area contributed by atoms with Crippen molar-refractivity contribution in [2.75, 3.05) is 19.8 Å². The Kier molecular flexibility index (Phi) is 6.96. The van der Waals surface area contributed by atoms with E-state index in [0.717, 1.165) is 48.5 Å². The third-order valence-corrected chi connectivity index (χ3v) is 7.82. The van der Waals surface area contributed by atoms with Crippen molar-refractivity contribution in [2.45, 2.75) is 69.4 Å². The quantitative estimate of drug-likeness (QED) is 0.629. The fourth-order valence-corrected chi connectivity index (χ4v) is 5.54. The van der Waals surface area contributed by atoms with Crippen LogP contribution in [0.4, 0.5) is 0 Å². The monoisotopic (exact) mass is 472 g/mol. The Morgan fingerprint density at radius 1 is 1.03 bits per heavy atom. The number of aliphatic hydroxyl groups is 2. The Hall–Kier alpha value is -1.63. The lowest BCUT2D eigenvalue weighted by Crippen LogP contribution is -2.46. The van der Waals surface area contributed by atoms with Gasteiger partial charge in [0.15, 0.2) is 0 Å². The highest BCUT2D eigenvalue weighted by Gasteiger charge is 2.42. The van der Waals surface area contributed by atoms with Crippen molar-refractivity contribution in [1.82, 2.24) is 0 Å². The van der Waals surface area contributed by atoms with Gasteiger partial charge in [0.25, 0.3) is 0 Å². The van der Waals surface area contributed by atoms with Crippen molar-refractivity contribution in [1.29, 1.82) is 0 Å². The molecule has 2 N–H and O–H groups in total. The van der Waals surface area contributed by atoms with Crippen LogP contribution in [0.1, 0.15) is 61.3 Å². The summed E-state index contributed by atoms with van der Waals surface area (Å²) in [5, 5.41) is 20.3. The Bertz CT molecular complexity index is 932. The van der Waals surface area contributed by atoms with Gasteiger partial charge in [-0.2, -0.15) is 0 Å². The van der Waals surface area contributed by atoms with Crippen LogP contribution >= 0.6 is 11.6 Å². The van der Waals surface area contributed by atoms with Gasteiger partial charge >= 0.3 is 0 Å². The van der Waals surface area contributed by atoms with Crippen LogP contribution in [0.3, 0.4) is 0 Å². The molecule has 3 fully saturated rings. The summed E-state index contributed by atoms with van der Waals surface area (Å²) in [7, 11) is 0. The molecule has 2 aromatic carbocycles. The van der Waals surface area contributed by atoms with Gasteiger partial charge in [-0.15, -0.1) is 0 Å². The van der Waals surface area contributed by atoms with Crippen molar-refractivity contribution in [3.63, 3.8) is 0 Å². The van der Waals surface area contributed by atoms with Gasteiger partial charge in [-0.3, -0.25) is 0 Å². The minimum Gasteiger partial charge on any atom is -0.490 e. The molecule has 3 atom stereocenters. The summed E-state index contributed by atoms with van der Waals surface area (Å²) < 4.78 is 17.6. The van der Waals surface area contributed by atoms with Gasteiger partial charge in [-0.25, -0.2) is 0 Å². The fraction of sp³-hybridized carbons (Fsp3) is 0.556. The van der Waals surface area contributed by atoms with Crippen molar-refractivity contribution < 1.29 is 24.4 Å². The summed E-state index contributed by atoms with van der Waals surface area (Å²) in [6, 6.07) is 14.2. The molecule has 2 saturated heterocycles. The Morgan fingerprint density at radius 3 is 2.45 bits per heavy atom. The smallest absolute Gasteiger partial charge is 0.119 e. The second-order valence-corrected chi connectivity index (χ2v) is 10.4. The number of benzene rings is 2. The van der Waals surface area contributed by atoms with Crippen LogP contribution in [0.2, 0.25) is 5.02 Å². The first-order chi connectivity index (χ1) is 16.0. The largest absolute Gasteiger partial charge is 0.490 e. The molecule has 0 unspecified atom stereocenters. The van der Waals surface area contributed by atoms with Gasteiger partial charge in [-0.1, -0.05) is 35.9 Å². The normalized spacial score (nSPS) is 27.3. The van der Waals surface area contributed by atoms with Crippen LogP contribution in [0, 0.1) is 5.41 Å². The van der Waals surface area contributed by atoms with E-state index in [0.29, 0.717) is 35.8 Å². The highest BCUT2D eigenvalue weighted by molar-refractivity contribution is 6.31. The van der Waals surface area contributed by atoms with E-state index in [1.54, 1.807) is 0 Å². The lowest BCUT2D eigenvalue weighted by atomic mass is 9.72. The summed E-state index contributed by atoms with van der Waals surface area (Å²) in [6.07, 6.45) is 5.56. The van der Waals surface area contributed by atoms with E-state index in [-0.39, 0.29) is 18.8 Å². The van der Waals surface area contributed by atoms with E-state index >= 15 is 0 Å².